The fourth-order valence-corrected chi connectivity index (χ4v) is 3.63. The highest BCUT2D eigenvalue weighted by atomic mass is 16.5. The Morgan fingerprint density at radius 1 is 1.18 bits per heavy atom. The molecule has 3 aromatic rings. The van der Waals surface area contributed by atoms with Crippen LogP contribution in [0.15, 0.2) is 36.8 Å². The van der Waals surface area contributed by atoms with Gasteiger partial charge in [0.15, 0.2) is 0 Å². The lowest BCUT2D eigenvalue weighted by molar-refractivity contribution is -0.148. The number of hydrogen-bond donors (Lipinski definition) is 0. The quantitative estimate of drug-likeness (QED) is 0.628. The molecule has 3 heterocycles. The summed E-state index contributed by atoms with van der Waals surface area (Å²) in [5.41, 5.74) is 1.99. The zero-order valence-electron chi connectivity index (χ0n) is 16.0. The van der Waals surface area contributed by atoms with E-state index in [4.69, 9.17) is 9.47 Å². The van der Waals surface area contributed by atoms with E-state index in [1.54, 1.807) is 11.6 Å². The van der Waals surface area contributed by atoms with Crippen molar-refractivity contribution in [3.8, 4) is 16.9 Å². The van der Waals surface area contributed by atoms with Gasteiger partial charge in [-0.2, -0.15) is 14.6 Å². The van der Waals surface area contributed by atoms with Crippen LogP contribution in [0.1, 0.15) is 19.8 Å². The van der Waals surface area contributed by atoms with Crippen molar-refractivity contribution in [3.63, 3.8) is 0 Å². The van der Waals surface area contributed by atoms with Crippen LogP contribution in [0, 0.1) is 5.92 Å². The first-order valence-corrected chi connectivity index (χ1v) is 9.46. The lowest BCUT2D eigenvalue weighted by atomic mass is 9.96. The minimum atomic E-state index is -0.0989. The molecule has 0 radical (unpaired) electrons. The van der Waals surface area contributed by atoms with Gasteiger partial charge in [0.1, 0.15) is 17.9 Å². The Morgan fingerprint density at radius 2 is 1.93 bits per heavy atom. The minimum Gasteiger partial charge on any atom is -0.497 e. The number of esters is 1. The SMILES string of the molecule is CCOC(=O)C1CCN(c2c(-c3ccc(OC)cc3)cnc3ncnn23)CC1. The van der Waals surface area contributed by atoms with Crippen LogP contribution >= 0.6 is 0 Å². The van der Waals surface area contributed by atoms with E-state index in [0.29, 0.717) is 12.4 Å². The second-order valence-electron chi connectivity index (χ2n) is 6.71. The van der Waals surface area contributed by atoms with Gasteiger partial charge in [0, 0.05) is 24.8 Å². The number of nitrogens with zero attached hydrogens (tertiary/aromatic N) is 5. The van der Waals surface area contributed by atoms with E-state index >= 15 is 0 Å². The lowest BCUT2D eigenvalue weighted by Gasteiger charge is -2.33. The van der Waals surface area contributed by atoms with Crippen molar-refractivity contribution in [2.45, 2.75) is 19.8 Å². The van der Waals surface area contributed by atoms with Crippen molar-refractivity contribution in [1.82, 2.24) is 19.6 Å². The van der Waals surface area contributed by atoms with Crippen LogP contribution in [0.2, 0.25) is 0 Å². The van der Waals surface area contributed by atoms with Gasteiger partial charge in [-0.1, -0.05) is 12.1 Å². The number of carbonyl (C=O) groups is 1. The number of anilines is 1. The van der Waals surface area contributed by atoms with Crippen molar-refractivity contribution in [1.29, 1.82) is 0 Å². The lowest BCUT2D eigenvalue weighted by Crippen LogP contribution is -2.38. The smallest absolute Gasteiger partial charge is 0.309 e. The highest BCUT2D eigenvalue weighted by Gasteiger charge is 2.28. The summed E-state index contributed by atoms with van der Waals surface area (Å²) in [4.78, 5) is 23.0. The predicted molar refractivity (Wildman–Crippen MR) is 104 cm³/mol. The molecule has 28 heavy (non-hydrogen) atoms. The Bertz CT molecular complexity index is 962. The average Bonchev–Trinajstić information content (AvgIpc) is 3.22. The number of fused-ring (bicyclic) bond motifs is 1. The third-order valence-electron chi connectivity index (χ3n) is 5.10. The van der Waals surface area contributed by atoms with Gasteiger partial charge >= 0.3 is 5.97 Å². The van der Waals surface area contributed by atoms with Crippen molar-refractivity contribution in [2.24, 2.45) is 5.92 Å². The summed E-state index contributed by atoms with van der Waals surface area (Å²) >= 11 is 0. The normalized spacial score (nSPS) is 15.0. The summed E-state index contributed by atoms with van der Waals surface area (Å²) in [6, 6.07) is 7.87. The molecule has 0 spiro atoms. The number of ether oxygens (including phenoxy) is 2. The predicted octanol–water partition coefficient (Wildman–Crippen LogP) is 2.58. The molecule has 2 aromatic heterocycles. The van der Waals surface area contributed by atoms with Gasteiger partial charge < -0.3 is 14.4 Å². The summed E-state index contributed by atoms with van der Waals surface area (Å²) in [5.74, 6) is 2.15. The molecule has 8 nitrogen and oxygen atoms in total. The number of rotatable bonds is 5. The molecule has 0 saturated carbocycles. The molecule has 0 N–H and O–H groups in total. The third-order valence-corrected chi connectivity index (χ3v) is 5.10. The minimum absolute atomic E-state index is 0.0475. The van der Waals surface area contributed by atoms with E-state index in [1.807, 2.05) is 37.4 Å². The third kappa shape index (κ3) is 3.37. The molecule has 0 aliphatic carbocycles. The van der Waals surface area contributed by atoms with Crippen LogP contribution in [0.25, 0.3) is 16.9 Å². The molecule has 1 aliphatic heterocycles. The van der Waals surface area contributed by atoms with Crippen LogP contribution in [-0.2, 0) is 9.53 Å². The van der Waals surface area contributed by atoms with E-state index in [2.05, 4.69) is 20.0 Å². The topological polar surface area (TPSA) is 81.8 Å². The number of aromatic nitrogens is 4. The number of methoxy groups -OCH3 is 1. The molecule has 1 aromatic carbocycles. The number of hydrogen-bond acceptors (Lipinski definition) is 7. The van der Waals surface area contributed by atoms with Gasteiger partial charge in [0.05, 0.1) is 19.6 Å². The fourth-order valence-electron chi connectivity index (χ4n) is 3.63. The first-order chi connectivity index (χ1) is 13.7. The first kappa shape index (κ1) is 18.2. The molecule has 1 saturated heterocycles. The number of carbonyl (C=O) groups excluding carboxylic acids is 1. The molecule has 1 aliphatic rings. The van der Waals surface area contributed by atoms with Gasteiger partial charge in [-0.15, -0.1) is 0 Å². The van der Waals surface area contributed by atoms with Crippen LogP contribution in [0.5, 0.6) is 5.75 Å². The highest BCUT2D eigenvalue weighted by molar-refractivity contribution is 5.78. The second kappa shape index (κ2) is 7.84. The van der Waals surface area contributed by atoms with Gasteiger partial charge in [-0.3, -0.25) is 4.79 Å². The fraction of sp³-hybridized carbons (Fsp3) is 0.400. The standard InChI is InChI=1S/C20H23N5O3/c1-3-28-19(26)15-8-10-24(11-9-15)18-17(12-21-20-22-13-23-25(18)20)14-4-6-16(27-2)7-5-14/h4-7,12-13,15H,3,8-11H2,1-2H3. The van der Waals surface area contributed by atoms with E-state index in [9.17, 15) is 4.79 Å². The van der Waals surface area contributed by atoms with Gasteiger partial charge in [-0.25, -0.2) is 4.98 Å². The Kier molecular flexibility index (Phi) is 5.10. The summed E-state index contributed by atoms with van der Waals surface area (Å²) in [6.07, 6.45) is 4.84. The van der Waals surface area contributed by atoms with Crippen LogP contribution in [-0.4, -0.2) is 52.4 Å². The van der Waals surface area contributed by atoms with E-state index < -0.39 is 0 Å². The molecule has 0 unspecified atom stereocenters. The zero-order valence-corrected chi connectivity index (χ0v) is 16.0. The monoisotopic (exact) mass is 381 g/mol. The summed E-state index contributed by atoms with van der Waals surface area (Å²) < 4.78 is 12.2. The van der Waals surface area contributed by atoms with Crippen LogP contribution < -0.4 is 9.64 Å². The second-order valence-corrected chi connectivity index (χ2v) is 6.71. The molecule has 0 amide bonds. The van der Waals surface area contributed by atoms with Crippen molar-refractivity contribution in [3.05, 3.63) is 36.8 Å². The largest absolute Gasteiger partial charge is 0.497 e. The van der Waals surface area contributed by atoms with E-state index in [1.165, 1.54) is 6.33 Å². The molecular formula is C20H23N5O3. The Balaban J connectivity index is 1.67. The molecule has 8 heteroatoms. The van der Waals surface area contributed by atoms with Gasteiger partial charge in [0.2, 0.25) is 0 Å². The van der Waals surface area contributed by atoms with Gasteiger partial charge in [0.25, 0.3) is 5.78 Å². The first-order valence-electron chi connectivity index (χ1n) is 9.46. The maximum atomic E-state index is 12.1. The highest BCUT2D eigenvalue weighted by Crippen LogP contribution is 2.33. The maximum Gasteiger partial charge on any atom is 0.309 e. The summed E-state index contributed by atoms with van der Waals surface area (Å²) in [7, 11) is 1.65. The molecular weight excluding hydrogens is 358 g/mol. The van der Waals surface area contributed by atoms with Crippen molar-refractivity contribution in [2.75, 3.05) is 31.7 Å². The molecule has 1 fully saturated rings. The number of piperidine rings is 1. The van der Waals surface area contributed by atoms with E-state index in [0.717, 1.165) is 48.6 Å². The molecule has 0 bridgehead atoms. The average molecular weight is 381 g/mol. The maximum absolute atomic E-state index is 12.1. The Morgan fingerprint density at radius 3 is 2.61 bits per heavy atom. The van der Waals surface area contributed by atoms with Crippen LogP contribution in [0.4, 0.5) is 5.82 Å². The van der Waals surface area contributed by atoms with Crippen LogP contribution in [0.3, 0.4) is 0 Å². The number of benzene rings is 1. The van der Waals surface area contributed by atoms with Crippen molar-refractivity contribution < 1.29 is 14.3 Å². The summed E-state index contributed by atoms with van der Waals surface area (Å²) in [6.45, 7) is 3.74. The Hall–Kier alpha value is -3.16. The van der Waals surface area contributed by atoms with E-state index in [-0.39, 0.29) is 11.9 Å². The van der Waals surface area contributed by atoms with Crippen molar-refractivity contribution >= 4 is 17.6 Å². The van der Waals surface area contributed by atoms with Gasteiger partial charge in [-0.05, 0) is 37.5 Å². The Labute approximate surface area is 163 Å². The molecule has 4 rings (SSSR count). The molecule has 0 atom stereocenters. The summed E-state index contributed by atoms with van der Waals surface area (Å²) in [5, 5.41) is 4.38. The zero-order chi connectivity index (χ0) is 19.5. The molecule has 146 valence electrons.